The van der Waals surface area contributed by atoms with E-state index in [0.717, 1.165) is 13.0 Å². The van der Waals surface area contributed by atoms with Crippen LogP contribution in [-0.4, -0.2) is 29.9 Å². The number of rotatable bonds is 4. The molecule has 1 aliphatic heterocycles. The zero-order chi connectivity index (χ0) is 13.9. The minimum atomic E-state index is 0.102. The second-order valence-electron chi connectivity index (χ2n) is 5.24. The van der Waals surface area contributed by atoms with Gasteiger partial charge in [-0.05, 0) is 25.0 Å². The fourth-order valence-corrected chi connectivity index (χ4v) is 2.47. The molecular formula is C15H19N3O2. The minimum Gasteiger partial charge on any atom is -0.384 e. The Morgan fingerprint density at radius 1 is 1.45 bits per heavy atom. The Morgan fingerprint density at radius 3 is 3.15 bits per heavy atom. The number of anilines is 1. The SMILES string of the molecule is COC(C)Cc1noc(C2CNc3ccccc3C2)n1. The summed E-state index contributed by atoms with van der Waals surface area (Å²) in [6, 6.07) is 8.34. The first kappa shape index (κ1) is 13.1. The molecule has 2 atom stereocenters. The van der Waals surface area contributed by atoms with E-state index in [1.807, 2.05) is 13.0 Å². The molecule has 2 heterocycles. The fourth-order valence-electron chi connectivity index (χ4n) is 2.47. The summed E-state index contributed by atoms with van der Waals surface area (Å²) in [7, 11) is 1.69. The van der Waals surface area contributed by atoms with Gasteiger partial charge in [0.1, 0.15) is 0 Å². The highest BCUT2D eigenvalue weighted by Crippen LogP contribution is 2.29. The van der Waals surface area contributed by atoms with Crippen LogP contribution in [0.15, 0.2) is 28.8 Å². The Hall–Kier alpha value is -1.88. The summed E-state index contributed by atoms with van der Waals surface area (Å²) in [5.41, 5.74) is 2.50. The third kappa shape index (κ3) is 2.67. The monoisotopic (exact) mass is 273 g/mol. The van der Waals surface area contributed by atoms with Gasteiger partial charge in [0, 0.05) is 25.8 Å². The average molecular weight is 273 g/mol. The van der Waals surface area contributed by atoms with Crippen LogP contribution in [0.3, 0.4) is 0 Å². The lowest BCUT2D eigenvalue weighted by Gasteiger charge is -2.23. The summed E-state index contributed by atoms with van der Waals surface area (Å²) in [4.78, 5) is 4.50. The fraction of sp³-hybridized carbons (Fsp3) is 0.467. The van der Waals surface area contributed by atoms with Gasteiger partial charge in [0.15, 0.2) is 5.82 Å². The molecule has 1 aliphatic rings. The topological polar surface area (TPSA) is 60.2 Å². The van der Waals surface area contributed by atoms with Gasteiger partial charge in [-0.3, -0.25) is 0 Å². The molecule has 5 heteroatoms. The van der Waals surface area contributed by atoms with Gasteiger partial charge < -0.3 is 14.6 Å². The van der Waals surface area contributed by atoms with Crippen molar-refractivity contribution in [3.8, 4) is 0 Å². The van der Waals surface area contributed by atoms with Crippen LogP contribution in [0.4, 0.5) is 5.69 Å². The van der Waals surface area contributed by atoms with Gasteiger partial charge in [-0.1, -0.05) is 23.4 Å². The maximum Gasteiger partial charge on any atom is 0.231 e. The lowest BCUT2D eigenvalue weighted by Crippen LogP contribution is -2.21. The van der Waals surface area contributed by atoms with E-state index >= 15 is 0 Å². The molecule has 0 aliphatic carbocycles. The van der Waals surface area contributed by atoms with Crippen molar-refractivity contribution >= 4 is 5.69 Å². The van der Waals surface area contributed by atoms with E-state index in [-0.39, 0.29) is 12.0 Å². The van der Waals surface area contributed by atoms with E-state index < -0.39 is 0 Å². The molecule has 1 aromatic heterocycles. The van der Waals surface area contributed by atoms with Crippen LogP contribution in [-0.2, 0) is 17.6 Å². The average Bonchev–Trinajstić information content (AvgIpc) is 2.95. The lowest BCUT2D eigenvalue weighted by molar-refractivity contribution is 0.116. The minimum absolute atomic E-state index is 0.102. The highest BCUT2D eigenvalue weighted by molar-refractivity contribution is 5.53. The number of para-hydroxylation sites is 1. The van der Waals surface area contributed by atoms with Crippen LogP contribution in [0, 0.1) is 0 Å². The third-order valence-electron chi connectivity index (χ3n) is 3.73. The molecule has 20 heavy (non-hydrogen) atoms. The van der Waals surface area contributed by atoms with Crippen LogP contribution >= 0.6 is 0 Å². The molecule has 0 saturated carbocycles. The van der Waals surface area contributed by atoms with Crippen molar-refractivity contribution < 1.29 is 9.26 Å². The molecular weight excluding hydrogens is 254 g/mol. The van der Waals surface area contributed by atoms with E-state index in [1.54, 1.807) is 7.11 Å². The molecule has 0 spiro atoms. The first-order valence-corrected chi connectivity index (χ1v) is 6.93. The number of nitrogens with zero attached hydrogens (tertiary/aromatic N) is 2. The van der Waals surface area contributed by atoms with E-state index in [4.69, 9.17) is 9.26 Å². The molecule has 5 nitrogen and oxygen atoms in total. The van der Waals surface area contributed by atoms with Crippen LogP contribution in [0.5, 0.6) is 0 Å². The predicted octanol–water partition coefficient (Wildman–Crippen LogP) is 2.40. The summed E-state index contributed by atoms with van der Waals surface area (Å²) in [6.07, 6.45) is 1.71. The highest BCUT2D eigenvalue weighted by atomic mass is 16.5. The van der Waals surface area contributed by atoms with Gasteiger partial charge in [0.25, 0.3) is 0 Å². The molecule has 1 aromatic carbocycles. The molecule has 0 saturated heterocycles. The molecule has 0 bridgehead atoms. The molecule has 3 rings (SSSR count). The molecule has 0 fully saturated rings. The van der Waals surface area contributed by atoms with Crippen LogP contribution < -0.4 is 5.32 Å². The number of hydrogen-bond acceptors (Lipinski definition) is 5. The maximum absolute atomic E-state index is 5.41. The number of fused-ring (bicyclic) bond motifs is 1. The normalized spacial score (nSPS) is 19.2. The molecule has 2 aromatic rings. The van der Waals surface area contributed by atoms with Crippen molar-refractivity contribution in [3.63, 3.8) is 0 Å². The van der Waals surface area contributed by atoms with Crippen LogP contribution in [0.25, 0.3) is 0 Å². The summed E-state index contributed by atoms with van der Waals surface area (Å²) in [6.45, 7) is 2.83. The summed E-state index contributed by atoms with van der Waals surface area (Å²) in [5.74, 6) is 1.67. The number of aromatic nitrogens is 2. The number of ether oxygens (including phenoxy) is 1. The summed E-state index contributed by atoms with van der Waals surface area (Å²) in [5, 5.41) is 7.46. The van der Waals surface area contributed by atoms with E-state index in [0.29, 0.717) is 18.1 Å². The van der Waals surface area contributed by atoms with Crippen molar-refractivity contribution in [2.24, 2.45) is 0 Å². The molecule has 0 radical (unpaired) electrons. The molecule has 106 valence electrons. The van der Waals surface area contributed by atoms with Crippen LogP contribution in [0.1, 0.15) is 30.1 Å². The van der Waals surface area contributed by atoms with Crippen molar-refractivity contribution in [1.82, 2.24) is 10.1 Å². The molecule has 1 N–H and O–H groups in total. The van der Waals surface area contributed by atoms with Crippen molar-refractivity contribution in [2.45, 2.75) is 31.8 Å². The summed E-state index contributed by atoms with van der Waals surface area (Å²) >= 11 is 0. The third-order valence-corrected chi connectivity index (χ3v) is 3.73. The lowest BCUT2D eigenvalue weighted by atomic mass is 9.94. The van der Waals surface area contributed by atoms with Gasteiger partial charge in [-0.2, -0.15) is 4.98 Å². The Morgan fingerprint density at radius 2 is 2.30 bits per heavy atom. The summed E-state index contributed by atoms with van der Waals surface area (Å²) < 4.78 is 10.6. The number of nitrogens with one attached hydrogen (secondary N) is 1. The predicted molar refractivity (Wildman–Crippen MR) is 75.8 cm³/mol. The number of benzene rings is 1. The standard InChI is InChI=1S/C15H19N3O2/c1-10(19-2)7-14-17-15(20-18-14)12-8-11-5-3-4-6-13(11)16-9-12/h3-6,10,12,16H,7-9H2,1-2H3. The second-order valence-corrected chi connectivity index (χ2v) is 5.24. The highest BCUT2D eigenvalue weighted by Gasteiger charge is 2.24. The van der Waals surface area contributed by atoms with Gasteiger partial charge in [0.2, 0.25) is 5.89 Å². The first-order chi connectivity index (χ1) is 9.76. The zero-order valence-electron chi connectivity index (χ0n) is 11.8. The number of hydrogen-bond donors (Lipinski definition) is 1. The van der Waals surface area contributed by atoms with Crippen LogP contribution in [0.2, 0.25) is 0 Å². The Balaban J connectivity index is 1.72. The van der Waals surface area contributed by atoms with Crippen molar-refractivity contribution in [2.75, 3.05) is 19.0 Å². The van der Waals surface area contributed by atoms with Gasteiger partial charge in [-0.15, -0.1) is 0 Å². The van der Waals surface area contributed by atoms with Crippen molar-refractivity contribution in [1.29, 1.82) is 0 Å². The molecule has 0 amide bonds. The zero-order valence-corrected chi connectivity index (χ0v) is 11.8. The van der Waals surface area contributed by atoms with Gasteiger partial charge >= 0.3 is 0 Å². The number of methoxy groups -OCH3 is 1. The van der Waals surface area contributed by atoms with Gasteiger partial charge in [0.05, 0.1) is 12.0 Å². The smallest absolute Gasteiger partial charge is 0.231 e. The Kier molecular flexibility index (Phi) is 3.69. The quantitative estimate of drug-likeness (QED) is 0.927. The van der Waals surface area contributed by atoms with Crippen molar-refractivity contribution in [3.05, 3.63) is 41.5 Å². The maximum atomic E-state index is 5.41. The second kappa shape index (κ2) is 5.63. The van der Waals surface area contributed by atoms with E-state index in [1.165, 1.54) is 11.3 Å². The Bertz CT molecular complexity index is 582. The largest absolute Gasteiger partial charge is 0.384 e. The van der Waals surface area contributed by atoms with E-state index in [2.05, 4.69) is 33.7 Å². The van der Waals surface area contributed by atoms with E-state index in [9.17, 15) is 0 Å². The first-order valence-electron chi connectivity index (χ1n) is 6.93. The Labute approximate surface area is 118 Å². The molecule has 2 unspecified atom stereocenters. The van der Waals surface area contributed by atoms with Gasteiger partial charge in [-0.25, -0.2) is 0 Å².